The number of rotatable bonds is 5. The van der Waals surface area contributed by atoms with Crippen molar-refractivity contribution in [3.63, 3.8) is 0 Å². The fourth-order valence-corrected chi connectivity index (χ4v) is 5.81. The third-order valence-electron chi connectivity index (χ3n) is 7.09. The van der Waals surface area contributed by atoms with Gasteiger partial charge in [0.25, 0.3) is 5.91 Å². The molecule has 4 heteroatoms. The van der Waals surface area contributed by atoms with Crippen molar-refractivity contribution in [2.45, 2.75) is 45.1 Å². The molecular formula is C22H29NO3. The van der Waals surface area contributed by atoms with Crippen molar-refractivity contribution in [3.05, 3.63) is 35.9 Å². The second-order valence-electron chi connectivity index (χ2n) is 8.66. The van der Waals surface area contributed by atoms with Crippen LogP contribution in [-0.4, -0.2) is 30.4 Å². The van der Waals surface area contributed by atoms with Gasteiger partial charge < -0.3 is 9.64 Å². The van der Waals surface area contributed by atoms with E-state index < -0.39 is 0 Å². The first-order chi connectivity index (χ1) is 12.5. The van der Waals surface area contributed by atoms with E-state index in [1.54, 1.807) is 11.9 Å². The van der Waals surface area contributed by atoms with Gasteiger partial charge in [-0.05, 0) is 68.3 Å². The molecule has 0 saturated heterocycles. The van der Waals surface area contributed by atoms with Crippen LogP contribution in [0.2, 0.25) is 0 Å². The Kier molecular flexibility index (Phi) is 4.76. The van der Waals surface area contributed by atoms with Gasteiger partial charge in [0.2, 0.25) is 0 Å². The Balaban J connectivity index is 1.32. The number of esters is 1. The van der Waals surface area contributed by atoms with E-state index >= 15 is 0 Å². The lowest BCUT2D eigenvalue weighted by molar-refractivity contribution is -0.166. The van der Waals surface area contributed by atoms with Gasteiger partial charge in [0.15, 0.2) is 6.61 Å². The summed E-state index contributed by atoms with van der Waals surface area (Å²) in [6, 6.07) is 9.88. The number of carbonyl (C=O) groups is 2. The first-order valence-corrected chi connectivity index (χ1v) is 10.00. The van der Waals surface area contributed by atoms with Gasteiger partial charge in [0.05, 0.1) is 12.0 Å². The quantitative estimate of drug-likeness (QED) is 0.754. The Hall–Kier alpha value is -1.84. The first kappa shape index (κ1) is 17.6. The molecule has 4 saturated carbocycles. The van der Waals surface area contributed by atoms with Crippen LogP contribution in [-0.2, 0) is 14.3 Å². The minimum absolute atomic E-state index is 0.0347. The smallest absolute Gasteiger partial charge is 0.310 e. The fourth-order valence-electron chi connectivity index (χ4n) is 5.81. The van der Waals surface area contributed by atoms with Gasteiger partial charge >= 0.3 is 5.97 Å². The maximum atomic E-state index is 12.7. The third kappa shape index (κ3) is 3.26. The minimum Gasteiger partial charge on any atom is -0.455 e. The highest BCUT2D eigenvalue weighted by Crippen LogP contribution is 2.56. The Morgan fingerprint density at radius 1 is 1.04 bits per heavy atom. The zero-order valence-electron chi connectivity index (χ0n) is 15.8. The minimum atomic E-state index is -0.144. The van der Waals surface area contributed by atoms with Crippen LogP contribution in [0.4, 0.5) is 0 Å². The summed E-state index contributed by atoms with van der Waals surface area (Å²) in [6.45, 7) is 1.85. The molecule has 0 N–H and O–H groups in total. The van der Waals surface area contributed by atoms with Gasteiger partial charge in [0.1, 0.15) is 0 Å². The molecule has 0 heterocycles. The molecule has 4 nitrogen and oxygen atoms in total. The molecule has 0 radical (unpaired) electrons. The van der Waals surface area contributed by atoms with Crippen molar-refractivity contribution in [1.82, 2.24) is 4.90 Å². The molecule has 1 atom stereocenters. The van der Waals surface area contributed by atoms with E-state index in [4.69, 9.17) is 4.74 Å². The number of hydrogen-bond donors (Lipinski definition) is 0. The molecule has 0 aliphatic heterocycles. The highest BCUT2D eigenvalue weighted by Gasteiger charge is 2.51. The Morgan fingerprint density at radius 3 is 2.19 bits per heavy atom. The molecule has 0 spiro atoms. The summed E-state index contributed by atoms with van der Waals surface area (Å²) in [5.74, 6) is 2.42. The average molecular weight is 355 g/mol. The predicted molar refractivity (Wildman–Crippen MR) is 99.1 cm³/mol. The lowest BCUT2D eigenvalue weighted by atomic mass is 9.52. The first-order valence-electron chi connectivity index (χ1n) is 10.00. The Labute approximate surface area is 155 Å². The number of ether oxygens (including phenoxy) is 1. The van der Waals surface area contributed by atoms with Crippen molar-refractivity contribution in [2.24, 2.45) is 29.6 Å². The van der Waals surface area contributed by atoms with Crippen LogP contribution < -0.4 is 0 Å². The van der Waals surface area contributed by atoms with Crippen LogP contribution in [0.1, 0.15) is 50.6 Å². The van der Waals surface area contributed by atoms with Crippen molar-refractivity contribution in [2.75, 3.05) is 13.7 Å². The van der Waals surface area contributed by atoms with Crippen molar-refractivity contribution >= 4 is 11.9 Å². The molecule has 5 rings (SSSR count). The summed E-state index contributed by atoms with van der Waals surface area (Å²) < 4.78 is 5.51. The lowest BCUT2D eigenvalue weighted by Crippen LogP contribution is -2.48. The number of amides is 1. The lowest BCUT2D eigenvalue weighted by Gasteiger charge is -2.53. The van der Waals surface area contributed by atoms with Gasteiger partial charge in [-0.25, -0.2) is 0 Å². The van der Waals surface area contributed by atoms with E-state index in [1.165, 1.54) is 32.1 Å². The molecule has 1 aromatic rings. The van der Waals surface area contributed by atoms with E-state index in [0.717, 1.165) is 17.4 Å². The van der Waals surface area contributed by atoms with E-state index in [-0.39, 0.29) is 30.4 Å². The van der Waals surface area contributed by atoms with Crippen LogP contribution in [0.5, 0.6) is 0 Å². The molecule has 140 valence electrons. The highest BCUT2D eigenvalue weighted by molar-refractivity contribution is 5.81. The van der Waals surface area contributed by atoms with Gasteiger partial charge in [-0.1, -0.05) is 30.3 Å². The topological polar surface area (TPSA) is 46.6 Å². The Morgan fingerprint density at radius 2 is 1.62 bits per heavy atom. The molecule has 26 heavy (non-hydrogen) atoms. The zero-order chi connectivity index (χ0) is 18.3. The number of hydrogen-bond acceptors (Lipinski definition) is 3. The van der Waals surface area contributed by atoms with Crippen molar-refractivity contribution < 1.29 is 14.3 Å². The highest BCUT2D eigenvalue weighted by atomic mass is 16.5. The number of likely N-dealkylation sites (N-methyl/N-ethyl adjacent to an activating group) is 1. The molecule has 0 unspecified atom stereocenters. The summed E-state index contributed by atoms with van der Waals surface area (Å²) >= 11 is 0. The summed E-state index contributed by atoms with van der Waals surface area (Å²) in [7, 11) is 1.77. The Bertz CT molecular complexity index is 643. The summed E-state index contributed by atoms with van der Waals surface area (Å²) in [5, 5.41) is 0. The van der Waals surface area contributed by atoms with Crippen LogP contribution >= 0.6 is 0 Å². The van der Waals surface area contributed by atoms with E-state index in [2.05, 4.69) is 0 Å². The molecule has 1 aromatic carbocycles. The molecule has 4 aliphatic carbocycles. The van der Waals surface area contributed by atoms with Crippen molar-refractivity contribution in [3.8, 4) is 0 Å². The molecule has 4 aliphatic rings. The fraction of sp³-hybridized carbons (Fsp3) is 0.636. The molecule has 1 amide bonds. The number of nitrogens with zero attached hydrogens (tertiary/aromatic N) is 1. The summed E-state index contributed by atoms with van der Waals surface area (Å²) in [5.41, 5.74) is 1.08. The number of carbonyl (C=O) groups excluding carboxylic acids is 2. The second-order valence-corrected chi connectivity index (χ2v) is 8.66. The van der Waals surface area contributed by atoms with Crippen LogP contribution in [0.25, 0.3) is 0 Å². The van der Waals surface area contributed by atoms with Gasteiger partial charge in [-0.3, -0.25) is 9.59 Å². The van der Waals surface area contributed by atoms with Gasteiger partial charge in [0, 0.05) is 7.05 Å². The average Bonchev–Trinajstić information content (AvgIpc) is 2.64. The summed E-state index contributed by atoms with van der Waals surface area (Å²) in [6.07, 6.45) is 6.12. The molecule has 4 bridgehead atoms. The number of benzene rings is 1. The molecule has 0 aromatic heterocycles. The van der Waals surface area contributed by atoms with Crippen LogP contribution in [0.3, 0.4) is 0 Å². The van der Waals surface area contributed by atoms with Gasteiger partial charge in [-0.15, -0.1) is 0 Å². The summed E-state index contributed by atoms with van der Waals surface area (Å²) in [4.78, 5) is 26.9. The maximum absolute atomic E-state index is 12.7. The van der Waals surface area contributed by atoms with E-state index in [9.17, 15) is 9.59 Å². The molecular weight excluding hydrogens is 326 g/mol. The monoisotopic (exact) mass is 355 g/mol. The standard InChI is InChI=1S/C22H29NO3/c1-14(17-6-4-3-5-7-17)23(2)20(24)13-26-22(25)21-18-9-15-8-16(11-18)12-19(21)10-15/h3-7,14-16,18-19,21H,8-13H2,1-2H3/t14-,15?,16?,18?,19?,21?/m1/s1. The largest absolute Gasteiger partial charge is 0.455 e. The van der Waals surface area contributed by atoms with E-state index in [0.29, 0.717) is 11.8 Å². The third-order valence-corrected chi connectivity index (χ3v) is 7.09. The maximum Gasteiger partial charge on any atom is 0.310 e. The molecule has 4 fully saturated rings. The van der Waals surface area contributed by atoms with Crippen molar-refractivity contribution in [1.29, 1.82) is 0 Å². The van der Waals surface area contributed by atoms with E-state index in [1.807, 2.05) is 37.3 Å². The normalized spacial score (nSPS) is 32.9. The zero-order valence-corrected chi connectivity index (χ0v) is 15.8. The predicted octanol–water partition coefficient (Wildman–Crippen LogP) is 3.82. The second kappa shape index (κ2) is 7.05. The van der Waals surface area contributed by atoms with Crippen LogP contribution in [0.15, 0.2) is 30.3 Å². The van der Waals surface area contributed by atoms with Crippen LogP contribution in [0, 0.1) is 29.6 Å². The SMILES string of the molecule is C[C@H](c1ccccc1)N(C)C(=O)COC(=O)C1C2CC3CC(C2)CC1C3. The van der Waals surface area contributed by atoms with Gasteiger partial charge in [-0.2, -0.15) is 0 Å².